The number of ether oxygens (including phenoxy) is 1. The summed E-state index contributed by atoms with van der Waals surface area (Å²) in [6.07, 6.45) is 9.82. The Morgan fingerprint density at radius 3 is 2.56 bits per heavy atom. The molecule has 1 atom stereocenters. The molecule has 170 valence electrons. The lowest BCUT2D eigenvalue weighted by Crippen LogP contribution is -2.48. The summed E-state index contributed by atoms with van der Waals surface area (Å²) in [5.41, 5.74) is 2.09. The number of carbonyl (C=O) groups is 1. The van der Waals surface area contributed by atoms with Crippen LogP contribution < -0.4 is 10.2 Å². The van der Waals surface area contributed by atoms with Crippen LogP contribution in [-0.2, 0) is 14.9 Å². The maximum atomic E-state index is 12.9. The van der Waals surface area contributed by atoms with Gasteiger partial charge in [-0.3, -0.25) is 4.79 Å². The third kappa shape index (κ3) is 4.23. The third-order valence-electron chi connectivity index (χ3n) is 7.68. The predicted octanol–water partition coefficient (Wildman–Crippen LogP) is 4.05. The van der Waals surface area contributed by atoms with Crippen LogP contribution in [0.3, 0.4) is 0 Å². The molecule has 1 saturated carbocycles. The quantitative estimate of drug-likeness (QED) is 0.738. The number of aryl methyl sites for hydroxylation is 1. The van der Waals surface area contributed by atoms with Crippen LogP contribution in [0.15, 0.2) is 36.8 Å². The second-order valence-electron chi connectivity index (χ2n) is 9.79. The average Bonchev–Trinajstić information content (AvgIpc) is 3.62. The molecule has 32 heavy (non-hydrogen) atoms. The van der Waals surface area contributed by atoms with Gasteiger partial charge in [0, 0.05) is 36.4 Å². The summed E-state index contributed by atoms with van der Waals surface area (Å²) >= 11 is 6.01. The summed E-state index contributed by atoms with van der Waals surface area (Å²) < 4.78 is 6.26. The average molecular weight is 455 g/mol. The van der Waals surface area contributed by atoms with Crippen molar-refractivity contribution in [2.24, 2.45) is 5.41 Å². The normalized spacial score (nSPS) is 23.7. The molecule has 2 saturated heterocycles. The molecule has 6 nitrogen and oxygen atoms in total. The number of halogens is 1. The van der Waals surface area contributed by atoms with E-state index in [2.05, 4.69) is 27.1 Å². The van der Waals surface area contributed by atoms with Crippen LogP contribution in [0, 0.1) is 12.3 Å². The van der Waals surface area contributed by atoms with Gasteiger partial charge in [-0.1, -0.05) is 23.7 Å². The van der Waals surface area contributed by atoms with Crippen LogP contribution in [0.1, 0.15) is 49.7 Å². The van der Waals surface area contributed by atoms with Gasteiger partial charge in [0.1, 0.15) is 12.1 Å². The second kappa shape index (κ2) is 8.64. The van der Waals surface area contributed by atoms with E-state index in [0.717, 1.165) is 75.2 Å². The minimum atomic E-state index is -0.369. The Kier molecular flexibility index (Phi) is 5.84. The van der Waals surface area contributed by atoms with Crippen molar-refractivity contribution in [3.63, 3.8) is 0 Å². The molecule has 1 aliphatic carbocycles. The van der Waals surface area contributed by atoms with Gasteiger partial charge in [0.15, 0.2) is 0 Å². The molecule has 1 aromatic heterocycles. The topological polar surface area (TPSA) is 67.4 Å². The molecule has 3 fully saturated rings. The Labute approximate surface area is 194 Å². The molecule has 1 spiro atoms. The Morgan fingerprint density at radius 1 is 1.19 bits per heavy atom. The molecule has 3 aliphatic rings. The number of benzene rings is 1. The Morgan fingerprint density at radius 2 is 1.94 bits per heavy atom. The van der Waals surface area contributed by atoms with Gasteiger partial charge < -0.3 is 15.0 Å². The molecule has 7 heteroatoms. The molecule has 3 heterocycles. The minimum Gasteiger partial charge on any atom is -0.376 e. The number of piperidine rings is 1. The monoisotopic (exact) mass is 454 g/mol. The number of amides is 1. The van der Waals surface area contributed by atoms with E-state index in [1.165, 1.54) is 0 Å². The first-order valence-corrected chi connectivity index (χ1v) is 12.1. The van der Waals surface area contributed by atoms with Crippen molar-refractivity contribution in [3.05, 3.63) is 52.9 Å². The maximum absolute atomic E-state index is 12.9. The number of aromatic nitrogens is 2. The third-order valence-corrected chi connectivity index (χ3v) is 7.94. The van der Waals surface area contributed by atoms with E-state index >= 15 is 0 Å². The zero-order valence-electron chi connectivity index (χ0n) is 18.6. The lowest BCUT2D eigenvalue weighted by atomic mass is 9.73. The fraction of sp³-hybridized carbons (Fsp3) is 0.560. The fourth-order valence-corrected chi connectivity index (χ4v) is 5.43. The predicted molar refractivity (Wildman–Crippen MR) is 125 cm³/mol. The van der Waals surface area contributed by atoms with E-state index in [1.54, 1.807) is 6.33 Å². The highest BCUT2D eigenvalue weighted by Gasteiger charge is 2.51. The van der Waals surface area contributed by atoms with E-state index in [0.29, 0.717) is 11.6 Å². The molecule has 5 rings (SSSR count). The van der Waals surface area contributed by atoms with Crippen molar-refractivity contribution < 1.29 is 9.53 Å². The highest BCUT2D eigenvalue weighted by Crippen LogP contribution is 2.48. The van der Waals surface area contributed by atoms with Crippen molar-refractivity contribution in [2.45, 2.75) is 57.0 Å². The number of carbonyl (C=O) groups excluding carboxylic acids is 1. The number of nitrogens with zero attached hydrogens (tertiary/aromatic N) is 3. The van der Waals surface area contributed by atoms with Crippen molar-refractivity contribution in [1.29, 1.82) is 0 Å². The second-order valence-corrected chi connectivity index (χ2v) is 10.2. The van der Waals surface area contributed by atoms with Gasteiger partial charge in [-0.25, -0.2) is 9.97 Å². The summed E-state index contributed by atoms with van der Waals surface area (Å²) in [5.74, 6) is 1.18. The van der Waals surface area contributed by atoms with Crippen LogP contribution in [0.25, 0.3) is 0 Å². The van der Waals surface area contributed by atoms with Crippen LogP contribution >= 0.6 is 11.6 Å². The van der Waals surface area contributed by atoms with Crippen LogP contribution in [0.2, 0.25) is 5.02 Å². The Bertz CT molecular complexity index is 958. The van der Waals surface area contributed by atoms with E-state index in [-0.39, 0.29) is 22.8 Å². The van der Waals surface area contributed by atoms with Gasteiger partial charge in [0.05, 0.1) is 18.1 Å². The number of rotatable bonds is 5. The summed E-state index contributed by atoms with van der Waals surface area (Å²) in [6, 6.07) is 7.69. The molecule has 1 amide bonds. The number of hydrogen-bond acceptors (Lipinski definition) is 5. The lowest BCUT2D eigenvalue weighted by Gasteiger charge is -2.46. The summed E-state index contributed by atoms with van der Waals surface area (Å²) in [5, 5.41) is 3.88. The first-order chi connectivity index (χ1) is 15.5. The Hall–Kier alpha value is -2.18. The van der Waals surface area contributed by atoms with Crippen molar-refractivity contribution in [1.82, 2.24) is 15.3 Å². The van der Waals surface area contributed by atoms with E-state index < -0.39 is 0 Å². The number of nitrogens with one attached hydrogen (secondary N) is 1. The number of hydrogen-bond donors (Lipinski definition) is 1. The van der Waals surface area contributed by atoms with Crippen molar-refractivity contribution >= 4 is 23.3 Å². The molecule has 0 bridgehead atoms. The van der Waals surface area contributed by atoms with E-state index in [1.807, 2.05) is 30.5 Å². The van der Waals surface area contributed by atoms with Crippen molar-refractivity contribution in [2.75, 3.05) is 31.1 Å². The van der Waals surface area contributed by atoms with E-state index in [4.69, 9.17) is 16.3 Å². The van der Waals surface area contributed by atoms with Gasteiger partial charge in [0.2, 0.25) is 5.91 Å². The lowest BCUT2D eigenvalue weighted by molar-refractivity contribution is -0.125. The van der Waals surface area contributed by atoms with Gasteiger partial charge in [-0.2, -0.15) is 0 Å². The maximum Gasteiger partial charge on any atom is 0.230 e. The van der Waals surface area contributed by atoms with Crippen LogP contribution in [0.5, 0.6) is 0 Å². The molecule has 1 aromatic carbocycles. The first kappa shape index (κ1) is 21.7. The highest BCUT2D eigenvalue weighted by atomic mass is 35.5. The molecule has 0 unspecified atom stereocenters. The van der Waals surface area contributed by atoms with Crippen LogP contribution in [-0.4, -0.2) is 48.2 Å². The number of anilines is 1. The SMILES string of the molecule is Cc1cncnc1N1CCC2(CC[C@H](CNC(=O)C3(c4ccc(Cl)cc4)CC3)OC2)CC1. The van der Waals surface area contributed by atoms with Crippen LogP contribution in [0.4, 0.5) is 5.82 Å². The fourth-order valence-electron chi connectivity index (χ4n) is 5.31. The standard InChI is InChI=1S/C25H31ClN4O2/c1-18-14-27-17-29-22(18)30-12-10-24(11-13-30)7-6-21(32-16-24)15-28-23(31)25(8-9-25)19-2-4-20(26)5-3-19/h2-5,14,17,21H,6-13,15-16H2,1H3,(H,28,31)/t21-/m1/s1. The molecule has 2 aliphatic heterocycles. The molecule has 1 N–H and O–H groups in total. The summed E-state index contributed by atoms with van der Waals surface area (Å²) in [6.45, 7) is 5.46. The first-order valence-electron chi connectivity index (χ1n) is 11.7. The summed E-state index contributed by atoms with van der Waals surface area (Å²) in [7, 11) is 0. The zero-order chi connectivity index (χ0) is 22.2. The molecule has 0 radical (unpaired) electrons. The molecular weight excluding hydrogens is 424 g/mol. The minimum absolute atomic E-state index is 0.104. The highest BCUT2D eigenvalue weighted by molar-refractivity contribution is 6.30. The largest absolute Gasteiger partial charge is 0.376 e. The van der Waals surface area contributed by atoms with Gasteiger partial charge in [-0.05, 0) is 68.6 Å². The van der Waals surface area contributed by atoms with Gasteiger partial charge in [0.25, 0.3) is 0 Å². The van der Waals surface area contributed by atoms with Gasteiger partial charge in [-0.15, -0.1) is 0 Å². The zero-order valence-corrected chi connectivity index (χ0v) is 19.4. The smallest absolute Gasteiger partial charge is 0.230 e. The summed E-state index contributed by atoms with van der Waals surface area (Å²) in [4.78, 5) is 23.9. The molecular formula is C25H31ClN4O2. The van der Waals surface area contributed by atoms with Gasteiger partial charge >= 0.3 is 0 Å². The molecule has 2 aromatic rings. The van der Waals surface area contributed by atoms with Crippen molar-refractivity contribution in [3.8, 4) is 0 Å². The van der Waals surface area contributed by atoms with E-state index in [9.17, 15) is 4.79 Å². The Balaban J connectivity index is 1.10.